The van der Waals surface area contributed by atoms with E-state index in [9.17, 15) is 0 Å². The van der Waals surface area contributed by atoms with Crippen molar-refractivity contribution in [3.8, 4) is 0 Å². The molecule has 0 unspecified atom stereocenters. The van der Waals surface area contributed by atoms with E-state index >= 15 is 0 Å². The number of nitrogens with zero attached hydrogens (tertiary/aromatic N) is 1. The zero-order chi connectivity index (χ0) is 16.3. The van der Waals surface area contributed by atoms with Crippen molar-refractivity contribution in [2.24, 2.45) is 5.84 Å². The summed E-state index contributed by atoms with van der Waals surface area (Å²) in [5.41, 5.74) is 0. The number of rotatable bonds is 18. The van der Waals surface area contributed by atoms with Crippen LogP contribution in [-0.4, -0.2) is 18.1 Å². The molecule has 0 fully saturated rings. The first-order valence-corrected chi connectivity index (χ1v) is 10.3. The van der Waals surface area contributed by atoms with Crippen LogP contribution in [0.1, 0.15) is 117 Å². The molecule has 0 spiro atoms. The molecule has 0 heterocycles. The summed E-state index contributed by atoms with van der Waals surface area (Å²) in [6.07, 6.45) is 22.1. The Balaban J connectivity index is 3.11. The molecular weight excluding hydrogens is 268 g/mol. The van der Waals surface area contributed by atoms with Gasteiger partial charge in [-0.25, -0.2) is 5.01 Å². The summed E-state index contributed by atoms with van der Waals surface area (Å²) >= 11 is 0. The maximum Gasteiger partial charge on any atom is 0.0128 e. The molecule has 0 atom stereocenters. The SMILES string of the molecule is CCCCCCCCCCN(N)CCCCCCCCCC. The highest BCUT2D eigenvalue weighted by atomic mass is 15.4. The molecule has 134 valence electrons. The van der Waals surface area contributed by atoms with Gasteiger partial charge < -0.3 is 0 Å². The molecule has 0 aromatic heterocycles. The lowest BCUT2D eigenvalue weighted by Crippen LogP contribution is -2.32. The number of nitrogens with two attached hydrogens (primary N) is 1. The molecule has 0 aliphatic heterocycles. The average Bonchev–Trinajstić information content (AvgIpc) is 2.52. The van der Waals surface area contributed by atoms with Crippen molar-refractivity contribution in [3.05, 3.63) is 0 Å². The van der Waals surface area contributed by atoms with E-state index in [-0.39, 0.29) is 0 Å². The second-order valence-corrected chi connectivity index (χ2v) is 6.99. The van der Waals surface area contributed by atoms with Crippen molar-refractivity contribution in [1.29, 1.82) is 0 Å². The fourth-order valence-corrected chi connectivity index (χ4v) is 3.01. The van der Waals surface area contributed by atoms with E-state index in [4.69, 9.17) is 5.84 Å². The van der Waals surface area contributed by atoms with Gasteiger partial charge in [0.1, 0.15) is 0 Å². The zero-order valence-electron chi connectivity index (χ0n) is 15.8. The van der Waals surface area contributed by atoms with Crippen molar-refractivity contribution in [3.63, 3.8) is 0 Å². The Morgan fingerprint density at radius 1 is 0.455 bits per heavy atom. The highest BCUT2D eigenvalue weighted by molar-refractivity contribution is 4.53. The van der Waals surface area contributed by atoms with E-state index in [0.29, 0.717) is 0 Å². The van der Waals surface area contributed by atoms with Crippen molar-refractivity contribution in [1.82, 2.24) is 5.01 Å². The van der Waals surface area contributed by atoms with Crippen LogP contribution in [-0.2, 0) is 0 Å². The fourth-order valence-electron chi connectivity index (χ4n) is 3.01. The van der Waals surface area contributed by atoms with Gasteiger partial charge in [-0.15, -0.1) is 0 Å². The Morgan fingerprint density at radius 3 is 1.05 bits per heavy atom. The van der Waals surface area contributed by atoms with Crippen LogP contribution in [0, 0.1) is 0 Å². The van der Waals surface area contributed by atoms with Crippen LogP contribution in [0.15, 0.2) is 0 Å². The summed E-state index contributed by atoms with van der Waals surface area (Å²) in [5, 5.41) is 2.05. The summed E-state index contributed by atoms with van der Waals surface area (Å²) in [6, 6.07) is 0. The summed E-state index contributed by atoms with van der Waals surface area (Å²) in [7, 11) is 0. The maximum atomic E-state index is 6.07. The molecule has 0 radical (unpaired) electrons. The zero-order valence-corrected chi connectivity index (χ0v) is 15.8. The Morgan fingerprint density at radius 2 is 0.727 bits per heavy atom. The first-order chi connectivity index (χ1) is 10.8. The molecule has 2 heteroatoms. The number of hydrogen-bond acceptors (Lipinski definition) is 2. The van der Waals surface area contributed by atoms with Crippen molar-refractivity contribution < 1.29 is 0 Å². The van der Waals surface area contributed by atoms with Gasteiger partial charge in [0.2, 0.25) is 0 Å². The average molecular weight is 313 g/mol. The molecule has 0 aromatic rings. The Kier molecular flexibility index (Phi) is 18.9. The molecule has 0 aromatic carbocycles. The van der Waals surface area contributed by atoms with Crippen LogP contribution < -0.4 is 5.84 Å². The molecule has 0 amide bonds. The Hall–Kier alpha value is -0.0800. The van der Waals surface area contributed by atoms with Gasteiger partial charge in [0.15, 0.2) is 0 Å². The minimum absolute atomic E-state index is 1.09. The summed E-state index contributed by atoms with van der Waals surface area (Å²) in [5.74, 6) is 6.07. The second-order valence-electron chi connectivity index (χ2n) is 6.99. The number of hydrazine groups is 1. The van der Waals surface area contributed by atoms with E-state index in [1.54, 1.807) is 0 Å². The minimum atomic E-state index is 1.09. The third-order valence-electron chi connectivity index (χ3n) is 4.60. The van der Waals surface area contributed by atoms with Gasteiger partial charge in [-0.05, 0) is 12.8 Å². The molecule has 0 saturated heterocycles. The van der Waals surface area contributed by atoms with Crippen LogP contribution >= 0.6 is 0 Å². The van der Waals surface area contributed by atoms with E-state index in [2.05, 4.69) is 13.8 Å². The predicted molar refractivity (Wildman–Crippen MR) is 101 cm³/mol. The molecule has 0 aliphatic carbocycles. The normalized spacial score (nSPS) is 11.5. The maximum absolute atomic E-state index is 6.07. The van der Waals surface area contributed by atoms with E-state index in [1.807, 2.05) is 5.01 Å². The number of unbranched alkanes of at least 4 members (excludes halogenated alkanes) is 14. The topological polar surface area (TPSA) is 29.3 Å². The van der Waals surface area contributed by atoms with E-state index in [0.717, 1.165) is 13.1 Å². The summed E-state index contributed by atoms with van der Waals surface area (Å²) < 4.78 is 0. The van der Waals surface area contributed by atoms with E-state index in [1.165, 1.54) is 103 Å². The van der Waals surface area contributed by atoms with Gasteiger partial charge in [0.25, 0.3) is 0 Å². The summed E-state index contributed by atoms with van der Waals surface area (Å²) in [4.78, 5) is 0. The Labute approximate surface area is 141 Å². The minimum Gasteiger partial charge on any atom is -0.269 e. The van der Waals surface area contributed by atoms with Crippen LogP contribution in [0.2, 0.25) is 0 Å². The standard InChI is InChI=1S/C20H44N2/c1-3-5-7-9-11-13-15-17-19-22(21)20-18-16-14-12-10-8-6-4-2/h3-21H2,1-2H3. The molecule has 0 saturated carbocycles. The lowest BCUT2D eigenvalue weighted by Gasteiger charge is -2.15. The highest BCUT2D eigenvalue weighted by Gasteiger charge is 1.99. The van der Waals surface area contributed by atoms with Crippen molar-refractivity contribution in [2.75, 3.05) is 13.1 Å². The van der Waals surface area contributed by atoms with E-state index < -0.39 is 0 Å². The van der Waals surface area contributed by atoms with Gasteiger partial charge in [0, 0.05) is 13.1 Å². The fraction of sp³-hybridized carbons (Fsp3) is 1.00. The molecule has 0 rings (SSSR count). The van der Waals surface area contributed by atoms with Gasteiger partial charge in [-0.1, -0.05) is 104 Å². The third-order valence-corrected chi connectivity index (χ3v) is 4.60. The summed E-state index contributed by atoms with van der Waals surface area (Å²) in [6.45, 7) is 6.74. The van der Waals surface area contributed by atoms with Crippen LogP contribution in [0.3, 0.4) is 0 Å². The van der Waals surface area contributed by atoms with Gasteiger partial charge in [-0.2, -0.15) is 0 Å². The monoisotopic (exact) mass is 312 g/mol. The van der Waals surface area contributed by atoms with Crippen molar-refractivity contribution >= 4 is 0 Å². The van der Waals surface area contributed by atoms with Crippen LogP contribution in [0.4, 0.5) is 0 Å². The smallest absolute Gasteiger partial charge is 0.0128 e. The van der Waals surface area contributed by atoms with Gasteiger partial charge >= 0.3 is 0 Å². The lowest BCUT2D eigenvalue weighted by atomic mass is 10.1. The quantitative estimate of drug-likeness (QED) is 0.179. The van der Waals surface area contributed by atoms with Gasteiger partial charge in [-0.3, -0.25) is 5.84 Å². The van der Waals surface area contributed by atoms with Crippen LogP contribution in [0.25, 0.3) is 0 Å². The first kappa shape index (κ1) is 21.9. The second kappa shape index (κ2) is 19.0. The molecular formula is C20H44N2. The highest BCUT2D eigenvalue weighted by Crippen LogP contribution is 2.10. The first-order valence-electron chi connectivity index (χ1n) is 10.3. The largest absolute Gasteiger partial charge is 0.269 e. The molecule has 22 heavy (non-hydrogen) atoms. The molecule has 0 aliphatic rings. The molecule has 2 N–H and O–H groups in total. The predicted octanol–water partition coefficient (Wildman–Crippen LogP) is 6.44. The van der Waals surface area contributed by atoms with Gasteiger partial charge in [0.05, 0.1) is 0 Å². The molecule has 0 bridgehead atoms. The van der Waals surface area contributed by atoms with Crippen LogP contribution in [0.5, 0.6) is 0 Å². The van der Waals surface area contributed by atoms with Crippen molar-refractivity contribution in [2.45, 2.75) is 117 Å². The molecule has 2 nitrogen and oxygen atoms in total. The Bertz CT molecular complexity index is 174. The lowest BCUT2D eigenvalue weighted by molar-refractivity contribution is 0.268. The number of hydrogen-bond donors (Lipinski definition) is 1. The third kappa shape index (κ3) is 18.0.